The Kier molecular flexibility index (Phi) is 3.52. The average molecular weight is 228 g/mol. The molecular formula is C15H16O2. The molecule has 0 spiro atoms. The standard InChI is InChI=1S/C15H16O2/c1-11(16)9-13-7-8-15(17)14(13)10-12-5-3-2-4-6-12/h2-6,10,13H,7-9H2,1H3/b14-10+. The van der Waals surface area contributed by atoms with E-state index in [0.717, 1.165) is 17.6 Å². The van der Waals surface area contributed by atoms with Crippen LogP contribution in [0.2, 0.25) is 0 Å². The maximum absolute atomic E-state index is 11.8. The number of rotatable bonds is 3. The van der Waals surface area contributed by atoms with Gasteiger partial charge >= 0.3 is 0 Å². The third-order valence-electron chi connectivity index (χ3n) is 3.14. The Bertz CT molecular complexity index is 457. The van der Waals surface area contributed by atoms with E-state index in [2.05, 4.69) is 0 Å². The van der Waals surface area contributed by atoms with Gasteiger partial charge < -0.3 is 4.79 Å². The molecule has 1 aliphatic carbocycles. The lowest BCUT2D eigenvalue weighted by atomic mass is 9.95. The Morgan fingerprint density at radius 3 is 2.71 bits per heavy atom. The van der Waals surface area contributed by atoms with Gasteiger partial charge in [-0.25, -0.2) is 0 Å². The minimum atomic E-state index is 0.125. The quantitative estimate of drug-likeness (QED) is 0.745. The van der Waals surface area contributed by atoms with Crippen LogP contribution in [0.25, 0.3) is 6.08 Å². The van der Waals surface area contributed by atoms with E-state index in [1.165, 1.54) is 0 Å². The van der Waals surface area contributed by atoms with E-state index in [0.29, 0.717) is 12.8 Å². The highest BCUT2D eigenvalue weighted by molar-refractivity contribution is 6.02. The molecule has 17 heavy (non-hydrogen) atoms. The molecule has 0 radical (unpaired) electrons. The van der Waals surface area contributed by atoms with E-state index < -0.39 is 0 Å². The molecule has 0 saturated heterocycles. The molecule has 2 heteroatoms. The maximum Gasteiger partial charge on any atom is 0.159 e. The minimum absolute atomic E-state index is 0.125. The van der Waals surface area contributed by atoms with Crippen LogP contribution in [0, 0.1) is 5.92 Å². The number of allylic oxidation sites excluding steroid dienone is 1. The van der Waals surface area contributed by atoms with E-state index in [1.807, 2.05) is 36.4 Å². The van der Waals surface area contributed by atoms with Gasteiger partial charge in [-0.15, -0.1) is 0 Å². The van der Waals surface area contributed by atoms with Crippen molar-refractivity contribution >= 4 is 17.6 Å². The first kappa shape index (κ1) is 11.8. The minimum Gasteiger partial charge on any atom is -0.300 e. The van der Waals surface area contributed by atoms with Gasteiger partial charge in [0, 0.05) is 12.8 Å². The molecule has 0 heterocycles. The molecule has 1 saturated carbocycles. The van der Waals surface area contributed by atoms with Crippen LogP contribution in [-0.2, 0) is 9.59 Å². The molecule has 2 rings (SSSR count). The molecule has 0 bridgehead atoms. The normalized spacial score (nSPS) is 22.1. The fourth-order valence-corrected chi connectivity index (χ4v) is 2.32. The van der Waals surface area contributed by atoms with Crippen LogP contribution >= 0.6 is 0 Å². The fourth-order valence-electron chi connectivity index (χ4n) is 2.32. The SMILES string of the molecule is CC(=O)CC1CCC(=O)/C1=C/c1ccccc1. The molecule has 2 nitrogen and oxygen atoms in total. The van der Waals surface area contributed by atoms with Crippen LogP contribution in [0.4, 0.5) is 0 Å². The summed E-state index contributed by atoms with van der Waals surface area (Å²) in [5.74, 6) is 0.476. The summed E-state index contributed by atoms with van der Waals surface area (Å²) in [4.78, 5) is 23.0. The van der Waals surface area contributed by atoms with Gasteiger partial charge in [0.05, 0.1) is 0 Å². The second-order valence-electron chi connectivity index (χ2n) is 4.58. The van der Waals surface area contributed by atoms with Crippen molar-refractivity contribution in [1.29, 1.82) is 0 Å². The van der Waals surface area contributed by atoms with Crippen molar-refractivity contribution in [2.75, 3.05) is 0 Å². The van der Waals surface area contributed by atoms with Crippen molar-refractivity contribution in [2.24, 2.45) is 5.92 Å². The lowest BCUT2D eigenvalue weighted by Crippen LogP contribution is -2.06. The molecule has 0 N–H and O–H groups in total. The largest absolute Gasteiger partial charge is 0.300 e. The van der Waals surface area contributed by atoms with Crippen LogP contribution < -0.4 is 0 Å². The first-order valence-electron chi connectivity index (χ1n) is 5.96. The highest BCUT2D eigenvalue weighted by Crippen LogP contribution is 2.32. The van der Waals surface area contributed by atoms with Gasteiger partial charge in [-0.1, -0.05) is 30.3 Å². The number of benzene rings is 1. The summed E-state index contributed by atoms with van der Waals surface area (Å²) in [6.07, 6.45) is 3.82. The van der Waals surface area contributed by atoms with Crippen molar-refractivity contribution in [3.63, 3.8) is 0 Å². The van der Waals surface area contributed by atoms with Crippen molar-refractivity contribution in [1.82, 2.24) is 0 Å². The molecule has 1 aromatic rings. The smallest absolute Gasteiger partial charge is 0.159 e. The highest BCUT2D eigenvalue weighted by atomic mass is 16.1. The number of Topliss-reactive ketones (excluding diaryl/α,β-unsaturated/α-hetero) is 2. The molecule has 1 fully saturated rings. The zero-order valence-electron chi connectivity index (χ0n) is 9.98. The number of ketones is 2. The molecule has 0 aromatic heterocycles. The van der Waals surface area contributed by atoms with Gasteiger partial charge in [0.25, 0.3) is 0 Å². The lowest BCUT2D eigenvalue weighted by Gasteiger charge is -2.08. The Balaban J connectivity index is 2.24. The second-order valence-corrected chi connectivity index (χ2v) is 4.58. The van der Waals surface area contributed by atoms with Crippen LogP contribution in [0.15, 0.2) is 35.9 Å². The van der Waals surface area contributed by atoms with E-state index >= 15 is 0 Å². The molecule has 88 valence electrons. The van der Waals surface area contributed by atoms with E-state index in [1.54, 1.807) is 6.92 Å². The Labute approximate surface area is 101 Å². The Morgan fingerprint density at radius 1 is 1.35 bits per heavy atom. The lowest BCUT2D eigenvalue weighted by molar-refractivity contribution is -0.117. The third-order valence-corrected chi connectivity index (χ3v) is 3.14. The third kappa shape index (κ3) is 2.90. The summed E-state index contributed by atoms with van der Waals surface area (Å²) in [5, 5.41) is 0. The monoisotopic (exact) mass is 228 g/mol. The molecule has 1 aromatic carbocycles. The molecule has 1 unspecified atom stereocenters. The van der Waals surface area contributed by atoms with E-state index in [9.17, 15) is 9.59 Å². The molecule has 0 aliphatic heterocycles. The number of hydrogen-bond donors (Lipinski definition) is 0. The van der Waals surface area contributed by atoms with Crippen molar-refractivity contribution in [2.45, 2.75) is 26.2 Å². The topological polar surface area (TPSA) is 34.1 Å². The summed E-state index contributed by atoms with van der Waals surface area (Å²) in [6.45, 7) is 1.59. The van der Waals surface area contributed by atoms with Gasteiger partial charge in [0.1, 0.15) is 5.78 Å². The summed E-state index contributed by atoms with van der Waals surface area (Å²) in [5.41, 5.74) is 1.86. The van der Waals surface area contributed by atoms with Crippen LogP contribution in [0.5, 0.6) is 0 Å². The zero-order valence-corrected chi connectivity index (χ0v) is 9.98. The number of hydrogen-bond acceptors (Lipinski definition) is 2. The predicted octanol–water partition coefficient (Wildman–Crippen LogP) is 3.03. The van der Waals surface area contributed by atoms with Gasteiger partial charge in [-0.05, 0) is 36.5 Å². The number of carbonyl (C=O) groups is 2. The second kappa shape index (κ2) is 5.09. The molecule has 1 aliphatic rings. The van der Waals surface area contributed by atoms with Gasteiger partial charge in [0.15, 0.2) is 5.78 Å². The molecule has 0 amide bonds. The van der Waals surface area contributed by atoms with Crippen LogP contribution in [0.3, 0.4) is 0 Å². The summed E-state index contributed by atoms with van der Waals surface area (Å²) < 4.78 is 0. The first-order valence-corrected chi connectivity index (χ1v) is 5.96. The van der Waals surface area contributed by atoms with Crippen LogP contribution in [-0.4, -0.2) is 11.6 Å². The van der Waals surface area contributed by atoms with Crippen molar-refractivity contribution < 1.29 is 9.59 Å². The zero-order chi connectivity index (χ0) is 12.3. The summed E-state index contributed by atoms with van der Waals surface area (Å²) in [6, 6.07) is 9.80. The fraction of sp³-hybridized carbons (Fsp3) is 0.333. The van der Waals surface area contributed by atoms with Gasteiger partial charge in [-0.2, -0.15) is 0 Å². The summed E-state index contributed by atoms with van der Waals surface area (Å²) >= 11 is 0. The van der Waals surface area contributed by atoms with Crippen molar-refractivity contribution in [3.05, 3.63) is 41.5 Å². The van der Waals surface area contributed by atoms with Crippen LogP contribution in [0.1, 0.15) is 31.7 Å². The highest BCUT2D eigenvalue weighted by Gasteiger charge is 2.28. The molecule has 1 atom stereocenters. The average Bonchev–Trinajstić information content (AvgIpc) is 2.62. The first-order chi connectivity index (χ1) is 8.16. The summed E-state index contributed by atoms with van der Waals surface area (Å²) in [7, 11) is 0. The van der Waals surface area contributed by atoms with Crippen molar-refractivity contribution in [3.8, 4) is 0 Å². The number of carbonyl (C=O) groups excluding carboxylic acids is 2. The Hall–Kier alpha value is -1.70. The molecular weight excluding hydrogens is 212 g/mol. The van der Waals surface area contributed by atoms with Gasteiger partial charge in [0.2, 0.25) is 0 Å². The van der Waals surface area contributed by atoms with Gasteiger partial charge in [-0.3, -0.25) is 4.79 Å². The predicted molar refractivity (Wildman–Crippen MR) is 67.4 cm³/mol. The van der Waals surface area contributed by atoms with E-state index in [4.69, 9.17) is 0 Å². The maximum atomic E-state index is 11.8. The Morgan fingerprint density at radius 2 is 2.06 bits per heavy atom. The van der Waals surface area contributed by atoms with E-state index in [-0.39, 0.29) is 17.5 Å².